The molecule has 1 aromatic rings. The largest absolute Gasteiger partial charge is 0.478 e. The summed E-state index contributed by atoms with van der Waals surface area (Å²) in [4.78, 5) is 37.9. The third-order valence-corrected chi connectivity index (χ3v) is 6.07. The van der Waals surface area contributed by atoms with E-state index >= 15 is 0 Å². The van der Waals surface area contributed by atoms with Gasteiger partial charge in [-0.25, -0.2) is 4.79 Å². The van der Waals surface area contributed by atoms with Crippen molar-refractivity contribution in [1.82, 2.24) is 10.2 Å². The van der Waals surface area contributed by atoms with Crippen molar-refractivity contribution in [3.8, 4) is 0 Å². The molecule has 1 aliphatic carbocycles. The summed E-state index contributed by atoms with van der Waals surface area (Å²) in [5.41, 5.74) is 1.11. The molecule has 1 unspecified atom stereocenters. The maximum atomic E-state index is 12.6. The van der Waals surface area contributed by atoms with Gasteiger partial charge in [-0.05, 0) is 37.0 Å². The Labute approximate surface area is 157 Å². The van der Waals surface area contributed by atoms with Crippen LogP contribution < -0.4 is 5.32 Å². The second kappa shape index (κ2) is 8.58. The fourth-order valence-electron chi connectivity index (χ4n) is 3.59. The first kappa shape index (κ1) is 18.8. The smallest absolute Gasteiger partial charge is 0.335 e. The summed E-state index contributed by atoms with van der Waals surface area (Å²) in [7, 11) is 0. The van der Waals surface area contributed by atoms with E-state index in [9.17, 15) is 14.4 Å². The number of benzene rings is 1. The Balaban J connectivity index is 1.51. The summed E-state index contributed by atoms with van der Waals surface area (Å²) in [5, 5.41) is 11.9. The second-order valence-electron chi connectivity index (χ2n) is 6.85. The zero-order valence-electron chi connectivity index (χ0n) is 14.6. The van der Waals surface area contributed by atoms with E-state index in [1.54, 1.807) is 34.9 Å². The number of thioether (sulfide) groups is 1. The highest BCUT2D eigenvalue weighted by atomic mass is 32.2. The van der Waals surface area contributed by atoms with E-state index in [1.165, 1.54) is 0 Å². The average molecular weight is 376 g/mol. The van der Waals surface area contributed by atoms with Crippen molar-refractivity contribution in [2.24, 2.45) is 5.92 Å². The Morgan fingerprint density at radius 1 is 1.23 bits per heavy atom. The Bertz CT molecular complexity index is 688. The van der Waals surface area contributed by atoms with E-state index in [0.717, 1.165) is 31.2 Å². The summed E-state index contributed by atoms with van der Waals surface area (Å²) >= 11 is 1.62. The summed E-state index contributed by atoms with van der Waals surface area (Å²) < 4.78 is 0. The van der Waals surface area contributed by atoms with Crippen molar-refractivity contribution < 1.29 is 19.5 Å². The zero-order valence-corrected chi connectivity index (χ0v) is 15.5. The molecule has 2 N–H and O–H groups in total. The average Bonchev–Trinajstić information content (AvgIpc) is 3.33. The molecule has 6 nitrogen and oxygen atoms in total. The summed E-state index contributed by atoms with van der Waals surface area (Å²) in [6.07, 6.45) is 4.64. The third-order valence-electron chi connectivity index (χ3n) is 5.06. The van der Waals surface area contributed by atoms with E-state index < -0.39 is 12.0 Å². The molecule has 2 amide bonds. The molecular weight excluding hydrogens is 352 g/mol. The summed E-state index contributed by atoms with van der Waals surface area (Å²) in [6.45, 7) is 0.425. The van der Waals surface area contributed by atoms with Crippen LogP contribution in [0.2, 0.25) is 0 Å². The molecule has 1 saturated carbocycles. The molecule has 1 heterocycles. The minimum Gasteiger partial charge on any atom is -0.478 e. The van der Waals surface area contributed by atoms with Gasteiger partial charge in [-0.3, -0.25) is 9.59 Å². The third kappa shape index (κ3) is 4.38. The Morgan fingerprint density at radius 3 is 2.73 bits per heavy atom. The molecule has 140 valence electrons. The minimum absolute atomic E-state index is 0.0859. The predicted octanol–water partition coefficient (Wildman–Crippen LogP) is 2.14. The molecule has 0 aromatic heterocycles. The highest BCUT2D eigenvalue weighted by Crippen LogP contribution is 2.30. The molecule has 3 rings (SSSR count). The SMILES string of the molecule is O=C(O)c1cccc(CCNC(=O)C2CSCN2C(=O)C2CCCC2)c1. The van der Waals surface area contributed by atoms with Gasteiger partial charge < -0.3 is 15.3 Å². The normalized spacial score (nSPS) is 20.3. The van der Waals surface area contributed by atoms with Gasteiger partial charge in [0.1, 0.15) is 6.04 Å². The number of rotatable bonds is 6. The molecule has 1 saturated heterocycles. The number of carboxylic acid groups (broad SMARTS) is 1. The topological polar surface area (TPSA) is 86.7 Å². The van der Waals surface area contributed by atoms with Crippen LogP contribution in [0, 0.1) is 5.92 Å². The molecule has 1 aliphatic heterocycles. The zero-order chi connectivity index (χ0) is 18.5. The van der Waals surface area contributed by atoms with Gasteiger partial charge in [-0.2, -0.15) is 0 Å². The standard InChI is InChI=1S/C19H24N2O4S/c22-17(20-9-8-13-4-3-7-15(10-13)19(24)25)16-11-26-12-21(16)18(23)14-5-1-2-6-14/h3-4,7,10,14,16H,1-2,5-6,8-9,11-12H2,(H,20,22)(H,24,25). The number of nitrogens with one attached hydrogen (secondary N) is 1. The first-order valence-corrected chi connectivity index (χ1v) is 10.2. The number of hydrogen-bond donors (Lipinski definition) is 2. The van der Waals surface area contributed by atoms with Gasteiger partial charge >= 0.3 is 5.97 Å². The molecule has 2 aliphatic rings. The van der Waals surface area contributed by atoms with Crippen LogP contribution in [0.3, 0.4) is 0 Å². The number of nitrogens with zero attached hydrogens (tertiary/aromatic N) is 1. The van der Waals surface area contributed by atoms with Gasteiger partial charge in [0, 0.05) is 18.2 Å². The number of carboxylic acids is 1. The Hall–Kier alpha value is -2.02. The highest BCUT2D eigenvalue weighted by Gasteiger charge is 2.38. The van der Waals surface area contributed by atoms with Crippen molar-refractivity contribution >= 4 is 29.5 Å². The molecule has 2 fully saturated rings. The maximum absolute atomic E-state index is 12.6. The van der Waals surface area contributed by atoms with Gasteiger partial charge in [0.2, 0.25) is 11.8 Å². The van der Waals surface area contributed by atoms with E-state index in [0.29, 0.717) is 24.6 Å². The Morgan fingerprint density at radius 2 is 2.00 bits per heavy atom. The highest BCUT2D eigenvalue weighted by molar-refractivity contribution is 7.99. The van der Waals surface area contributed by atoms with Gasteiger partial charge in [0.15, 0.2) is 0 Å². The lowest BCUT2D eigenvalue weighted by Crippen LogP contribution is -2.49. The van der Waals surface area contributed by atoms with Crippen LogP contribution in [-0.4, -0.2) is 52.0 Å². The fourth-order valence-corrected chi connectivity index (χ4v) is 4.76. The van der Waals surface area contributed by atoms with E-state index in [4.69, 9.17) is 5.11 Å². The van der Waals surface area contributed by atoms with Crippen LogP contribution in [-0.2, 0) is 16.0 Å². The van der Waals surface area contributed by atoms with E-state index in [1.807, 2.05) is 6.07 Å². The molecule has 0 radical (unpaired) electrons. The Kier molecular flexibility index (Phi) is 6.19. The first-order chi connectivity index (χ1) is 12.6. The lowest BCUT2D eigenvalue weighted by atomic mass is 10.1. The monoisotopic (exact) mass is 376 g/mol. The molecule has 26 heavy (non-hydrogen) atoms. The van der Waals surface area contributed by atoms with Crippen LogP contribution in [0.1, 0.15) is 41.6 Å². The van der Waals surface area contributed by atoms with Gasteiger partial charge in [0.05, 0.1) is 11.4 Å². The van der Waals surface area contributed by atoms with Gasteiger partial charge in [0.25, 0.3) is 0 Å². The van der Waals surface area contributed by atoms with Crippen LogP contribution in [0.4, 0.5) is 0 Å². The maximum Gasteiger partial charge on any atom is 0.335 e. The van der Waals surface area contributed by atoms with Crippen molar-refractivity contribution in [2.75, 3.05) is 18.2 Å². The van der Waals surface area contributed by atoms with Gasteiger partial charge in [-0.1, -0.05) is 25.0 Å². The van der Waals surface area contributed by atoms with Crippen molar-refractivity contribution in [2.45, 2.75) is 38.1 Å². The number of amides is 2. The fraction of sp³-hybridized carbons (Fsp3) is 0.526. The quantitative estimate of drug-likeness (QED) is 0.794. The molecule has 7 heteroatoms. The van der Waals surface area contributed by atoms with E-state index in [2.05, 4.69) is 5.32 Å². The molecular formula is C19H24N2O4S. The van der Waals surface area contributed by atoms with Crippen molar-refractivity contribution in [3.05, 3.63) is 35.4 Å². The van der Waals surface area contributed by atoms with Crippen LogP contribution >= 0.6 is 11.8 Å². The van der Waals surface area contributed by atoms with Crippen LogP contribution in [0.15, 0.2) is 24.3 Å². The number of carbonyl (C=O) groups is 3. The number of aromatic carboxylic acids is 1. The summed E-state index contributed by atoms with van der Waals surface area (Å²) in [6, 6.07) is 6.33. The number of carbonyl (C=O) groups excluding carboxylic acids is 2. The first-order valence-electron chi connectivity index (χ1n) is 9.04. The summed E-state index contributed by atoms with van der Waals surface area (Å²) in [5.74, 6) is 0.368. The van der Waals surface area contributed by atoms with Crippen LogP contribution in [0.5, 0.6) is 0 Å². The molecule has 1 aromatic carbocycles. The van der Waals surface area contributed by atoms with Crippen molar-refractivity contribution in [1.29, 1.82) is 0 Å². The molecule has 1 atom stereocenters. The second-order valence-corrected chi connectivity index (χ2v) is 7.85. The minimum atomic E-state index is -0.958. The van der Waals surface area contributed by atoms with Crippen molar-refractivity contribution in [3.63, 3.8) is 0 Å². The lowest BCUT2D eigenvalue weighted by Gasteiger charge is -2.25. The molecule has 0 bridgehead atoms. The van der Waals surface area contributed by atoms with Gasteiger partial charge in [-0.15, -0.1) is 11.8 Å². The predicted molar refractivity (Wildman–Crippen MR) is 100 cm³/mol. The van der Waals surface area contributed by atoms with Crippen LogP contribution in [0.25, 0.3) is 0 Å². The molecule has 0 spiro atoms. The lowest BCUT2D eigenvalue weighted by molar-refractivity contribution is -0.141. The van der Waals surface area contributed by atoms with E-state index in [-0.39, 0.29) is 23.3 Å². The number of hydrogen-bond acceptors (Lipinski definition) is 4.